The van der Waals surface area contributed by atoms with Crippen LogP contribution in [0.4, 0.5) is 0 Å². The van der Waals surface area contributed by atoms with Gasteiger partial charge in [0, 0.05) is 24.4 Å². The molecule has 1 aliphatic carbocycles. The van der Waals surface area contributed by atoms with Crippen LogP contribution < -0.4 is 5.32 Å². The van der Waals surface area contributed by atoms with Crippen LogP contribution >= 0.6 is 11.8 Å². The Morgan fingerprint density at radius 3 is 2.89 bits per heavy atom. The van der Waals surface area contributed by atoms with Crippen molar-refractivity contribution in [2.75, 3.05) is 18.6 Å². The van der Waals surface area contributed by atoms with Crippen LogP contribution in [-0.2, 0) is 12.8 Å². The van der Waals surface area contributed by atoms with Crippen LogP contribution in [-0.4, -0.2) is 35.8 Å². The fourth-order valence-corrected chi connectivity index (χ4v) is 3.41. The maximum atomic E-state index is 9.10. The minimum atomic E-state index is 0.279. The maximum absolute atomic E-state index is 9.10. The van der Waals surface area contributed by atoms with E-state index in [1.165, 1.54) is 24.0 Å². The van der Waals surface area contributed by atoms with Crippen molar-refractivity contribution < 1.29 is 5.11 Å². The highest BCUT2D eigenvalue weighted by Gasteiger charge is 2.20. The zero-order valence-corrected chi connectivity index (χ0v) is 11.9. The highest BCUT2D eigenvalue weighted by Crippen LogP contribution is 2.21. The van der Waals surface area contributed by atoms with Crippen molar-refractivity contribution in [2.45, 2.75) is 37.8 Å². The second-order valence-electron chi connectivity index (χ2n) is 5.04. The first kappa shape index (κ1) is 13.9. The van der Waals surface area contributed by atoms with Crippen LogP contribution in [0.15, 0.2) is 24.3 Å². The average molecular weight is 265 g/mol. The molecule has 2 atom stereocenters. The maximum Gasteiger partial charge on any atom is 0.0446 e. The monoisotopic (exact) mass is 265 g/mol. The zero-order chi connectivity index (χ0) is 12.8. The van der Waals surface area contributed by atoms with Gasteiger partial charge in [-0.1, -0.05) is 24.3 Å². The largest absolute Gasteiger partial charge is 0.396 e. The van der Waals surface area contributed by atoms with Crippen molar-refractivity contribution in [1.29, 1.82) is 0 Å². The Kier molecular flexibility index (Phi) is 5.54. The van der Waals surface area contributed by atoms with Gasteiger partial charge >= 0.3 is 0 Å². The second-order valence-corrected chi connectivity index (χ2v) is 5.95. The molecule has 0 spiro atoms. The predicted molar refractivity (Wildman–Crippen MR) is 79.3 cm³/mol. The minimum absolute atomic E-state index is 0.279. The summed E-state index contributed by atoms with van der Waals surface area (Å²) < 4.78 is 0. The molecule has 18 heavy (non-hydrogen) atoms. The number of fused-ring (bicyclic) bond motifs is 1. The molecular weight excluding hydrogens is 242 g/mol. The van der Waals surface area contributed by atoms with E-state index in [1.54, 1.807) is 0 Å². The number of benzene rings is 1. The summed E-state index contributed by atoms with van der Waals surface area (Å²) >= 11 is 1.85. The lowest BCUT2D eigenvalue weighted by Gasteiger charge is -2.29. The number of aliphatic hydroxyl groups is 1. The van der Waals surface area contributed by atoms with Crippen LogP contribution in [0.25, 0.3) is 0 Å². The Morgan fingerprint density at radius 1 is 1.39 bits per heavy atom. The minimum Gasteiger partial charge on any atom is -0.396 e. The van der Waals surface area contributed by atoms with Crippen molar-refractivity contribution in [3.05, 3.63) is 35.4 Å². The molecule has 0 aliphatic heterocycles. The first-order valence-corrected chi connectivity index (χ1v) is 8.15. The van der Waals surface area contributed by atoms with E-state index in [1.807, 2.05) is 11.8 Å². The topological polar surface area (TPSA) is 32.3 Å². The lowest BCUT2D eigenvalue weighted by atomic mass is 9.88. The highest BCUT2D eigenvalue weighted by atomic mass is 32.2. The van der Waals surface area contributed by atoms with Crippen molar-refractivity contribution in [3.63, 3.8) is 0 Å². The Morgan fingerprint density at radius 2 is 2.17 bits per heavy atom. The predicted octanol–water partition coefficient (Wildman–Crippen LogP) is 2.25. The molecule has 0 bridgehead atoms. The summed E-state index contributed by atoms with van der Waals surface area (Å²) in [5.41, 5.74) is 3.01. The second kappa shape index (κ2) is 7.17. The van der Waals surface area contributed by atoms with Crippen LogP contribution in [0.3, 0.4) is 0 Å². The van der Waals surface area contributed by atoms with Crippen molar-refractivity contribution in [3.8, 4) is 0 Å². The molecule has 2 nitrogen and oxygen atoms in total. The van der Waals surface area contributed by atoms with Gasteiger partial charge in [0.25, 0.3) is 0 Å². The summed E-state index contributed by atoms with van der Waals surface area (Å²) in [6.07, 6.45) is 6.51. The lowest BCUT2D eigenvalue weighted by Crippen LogP contribution is -2.43. The standard InChI is InChI=1S/C15H23NOS/c1-18-11-15(8-9-17)16-14-7-6-12-4-2-3-5-13(12)10-14/h2-5,14-17H,6-11H2,1H3. The van der Waals surface area contributed by atoms with Crippen LogP contribution in [0.5, 0.6) is 0 Å². The van der Waals surface area contributed by atoms with Gasteiger partial charge in [-0.05, 0) is 43.1 Å². The van der Waals surface area contributed by atoms with Crippen molar-refractivity contribution in [1.82, 2.24) is 5.32 Å². The molecule has 0 saturated carbocycles. The van der Waals surface area contributed by atoms with Crippen molar-refractivity contribution >= 4 is 11.8 Å². The van der Waals surface area contributed by atoms with Gasteiger partial charge < -0.3 is 10.4 Å². The number of hydrogen-bond acceptors (Lipinski definition) is 3. The molecule has 0 amide bonds. The SMILES string of the molecule is CSCC(CCO)NC1CCc2ccccc2C1. The van der Waals surface area contributed by atoms with E-state index < -0.39 is 0 Å². The third kappa shape index (κ3) is 3.74. The normalized spacial score (nSPS) is 20.4. The van der Waals surface area contributed by atoms with Gasteiger partial charge in [-0.3, -0.25) is 0 Å². The summed E-state index contributed by atoms with van der Waals surface area (Å²) in [5, 5.41) is 12.8. The Bertz CT molecular complexity index is 363. The van der Waals surface area contributed by atoms with E-state index in [9.17, 15) is 0 Å². The summed E-state index contributed by atoms with van der Waals surface area (Å²) in [4.78, 5) is 0. The molecule has 2 unspecified atom stereocenters. The molecule has 2 N–H and O–H groups in total. The van der Waals surface area contributed by atoms with Gasteiger partial charge in [0.1, 0.15) is 0 Å². The molecule has 1 aromatic carbocycles. The molecule has 1 aliphatic rings. The van der Waals surface area contributed by atoms with Gasteiger partial charge in [-0.15, -0.1) is 0 Å². The van der Waals surface area contributed by atoms with Gasteiger partial charge in [-0.25, -0.2) is 0 Å². The molecule has 0 heterocycles. The Hall–Kier alpha value is -0.510. The van der Waals surface area contributed by atoms with Crippen LogP contribution in [0, 0.1) is 0 Å². The van der Waals surface area contributed by atoms with E-state index >= 15 is 0 Å². The third-order valence-electron chi connectivity index (χ3n) is 3.66. The van der Waals surface area contributed by atoms with Gasteiger partial charge in [0.05, 0.1) is 0 Å². The fourth-order valence-electron chi connectivity index (χ4n) is 2.75. The quantitative estimate of drug-likeness (QED) is 0.827. The Balaban J connectivity index is 1.91. The van der Waals surface area contributed by atoms with Crippen LogP contribution in [0.1, 0.15) is 24.0 Å². The molecule has 0 aromatic heterocycles. The van der Waals surface area contributed by atoms with E-state index in [-0.39, 0.29) is 6.61 Å². The van der Waals surface area contributed by atoms with E-state index in [0.29, 0.717) is 12.1 Å². The number of aliphatic hydroxyl groups excluding tert-OH is 1. The summed E-state index contributed by atoms with van der Waals surface area (Å²) in [7, 11) is 0. The highest BCUT2D eigenvalue weighted by molar-refractivity contribution is 7.98. The zero-order valence-electron chi connectivity index (χ0n) is 11.1. The van der Waals surface area contributed by atoms with E-state index in [2.05, 4.69) is 35.8 Å². The van der Waals surface area contributed by atoms with E-state index in [0.717, 1.165) is 18.6 Å². The summed E-state index contributed by atoms with van der Waals surface area (Å²) in [6.45, 7) is 0.279. The summed E-state index contributed by atoms with van der Waals surface area (Å²) in [5.74, 6) is 1.08. The molecule has 2 rings (SSSR count). The third-order valence-corrected chi connectivity index (χ3v) is 4.40. The van der Waals surface area contributed by atoms with Gasteiger partial charge in [0.2, 0.25) is 0 Å². The van der Waals surface area contributed by atoms with Crippen molar-refractivity contribution in [2.24, 2.45) is 0 Å². The lowest BCUT2D eigenvalue weighted by molar-refractivity contribution is 0.261. The fraction of sp³-hybridized carbons (Fsp3) is 0.600. The summed E-state index contributed by atoms with van der Waals surface area (Å²) in [6, 6.07) is 9.78. The van der Waals surface area contributed by atoms with E-state index in [4.69, 9.17) is 5.11 Å². The first-order chi connectivity index (χ1) is 8.83. The molecular formula is C15H23NOS. The van der Waals surface area contributed by atoms with Gasteiger partial charge in [-0.2, -0.15) is 11.8 Å². The molecule has 1 aromatic rings. The molecule has 100 valence electrons. The smallest absolute Gasteiger partial charge is 0.0446 e. The number of aryl methyl sites for hydroxylation is 1. The molecule has 3 heteroatoms. The molecule has 0 saturated heterocycles. The van der Waals surface area contributed by atoms with Crippen LogP contribution in [0.2, 0.25) is 0 Å². The Labute approximate surface area is 114 Å². The number of nitrogens with one attached hydrogen (secondary N) is 1. The van der Waals surface area contributed by atoms with Gasteiger partial charge in [0.15, 0.2) is 0 Å². The first-order valence-electron chi connectivity index (χ1n) is 6.76. The molecule has 0 radical (unpaired) electrons. The molecule has 0 fully saturated rings. The number of hydrogen-bond donors (Lipinski definition) is 2. The number of thioether (sulfide) groups is 1. The average Bonchev–Trinajstić information content (AvgIpc) is 2.39. The number of rotatable bonds is 6.